The maximum Gasteiger partial charge on any atom is 0.251 e. The third-order valence-electron chi connectivity index (χ3n) is 5.53. The van der Waals surface area contributed by atoms with Gasteiger partial charge in [0.1, 0.15) is 5.75 Å². The van der Waals surface area contributed by atoms with Crippen LogP contribution in [0.5, 0.6) is 5.75 Å². The number of hydrogen-bond donors (Lipinski definition) is 3. The normalized spacial score (nSPS) is 10.4. The Balaban J connectivity index is 1.39. The molecule has 3 rings (SSSR count). The van der Waals surface area contributed by atoms with Gasteiger partial charge in [0.15, 0.2) is 0 Å². The zero-order valence-corrected chi connectivity index (χ0v) is 20.4. The van der Waals surface area contributed by atoms with Crippen molar-refractivity contribution in [2.75, 3.05) is 23.8 Å². The highest BCUT2D eigenvalue weighted by atomic mass is 16.5. The van der Waals surface area contributed by atoms with E-state index in [1.165, 1.54) is 25.7 Å². The molecule has 0 aliphatic rings. The molecule has 0 fully saturated rings. The lowest BCUT2D eigenvalue weighted by Crippen LogP contribution is -2.23. The van der Waals surface area contributed by atoms with Crippen molar-refractivity contribution in [2.45, 2.75) is 45.6 Å². The van der Waals surface area contributed by atoms with Crippen LogP contribution in [0.15, 0.2) is 78.9 Å². The first-order valence-electron chi connectivity index (χ1n) is 12.3. The molecule has 0 aliphatic carbocycles. The molecule has 3 aromatic rings. The minimum atomic E-state index is -0.173. The van der Waals surface area contributed by atoms with Gasteiger partial charge in [0.25, 0.3) is 5.91 Å². The molecule has 0 radical (unpaired) electrons. The van der Waals surface area contributed by atoms with Crippen LogP contribution in [0.2, 0.25) is 0 Å². The predicted octanol–water partition coefficient (Wildman–Crippen LogP) is 6.02. The van der Waals surface area contributed by atoms with Crippen molar-refractivity contribution >= 4 is 23.2 Å². The maximum absolute atomic E-state index is 12.5. The molecule has 0 spiro atoms. The fourth-order valence-corrected chi connectivity index (χ4v) is 3.57. The van der Waals surface area contributed by atoms with Crippen molar-refractivity contribution < 1.29 is 14.3 Å². The molecule has 0 aliphatic heterocycles. The van der Waals surface area contributed by atoms with Crippen molar-refractivity contribution in [3.05, 3.63) is 90.0 Å². The molecular formula is C29H35N3O3. The number of rotatable bonds is 14. The van der Waals surface area contributed by atoms with Gasteiger partial charge in [-0.2, -0.15) is 0 Å². The van der Waals surface area contributed by atoms with Gasteiger partial charge in [0.2, 0.25) is 5.91 Å². The zero-order valence-electron chi connectivity index (χ0n) is 20.4. The summed E-state index contributed by atoms with van der Waals surface area (Å²) < 4.78 is 5.77. The minimum Gasteiger partial charge on any atom is -0.494 e. The van der Waals surface area contributed by atoms with Gasteiger partial charge < -0.3 is 20.7 Å². The number of carbonyl (C=O) groups is 2. The molecule has 0 unspecified atom stereocenters. The number of ether oxygens (including phenoxy) is 1. The average Bonchev–Trinajstić information content (AvgIpc) is 2.90. The van der Waals surface area contributed by atoms with Crippen molar-refractivity contribution in [1.29, 1.82) is 0 Å². The van der Waals surface area contributed by atoms with Gasteiger partial charge in [-0.3, -0.25) is 9.59 Å². The van der Waals surface area contributed by atoms with E-state index < -0.39 is 0 Å². The third kappa shape index (κ3) is 9.53. The second kappa shape index (κ2) is 14.5. The van der Waals surface area contributed by atoms with E-state index in [-0.39, 0.29) is 18.4 Å². The molecule has 3 N–H and O–H groups in total. The van der Waals surface area contributed by atoms with Crippen LogP contribution in [-0.2, 0) is 11.3 Å². The maximum atomic E-state index is 12.5. The number of anilines is 2. The van der Waals surface area contributed by atoms with E-state index in [2.05, 4.69) is 22.9 Å². The summed E-state index contributed by atoms with van der Waals surface area (Å²) in [5, 5.41) is 8.86. The number of amides is 2. The SMILES string of the molecule is CCCCCCCOc1ccc(NC(=O)CNc2cccc(C(=O)NCc3ccccc3)c2)cc1. The second-order valence-electron chi connectivity index (χ2n) is 8.44. The minimum absolute atomic E-state index is 0.0884. The molecule has 0 atom stereocenters. The van der Waals surface area contributed by atoms with Crippen LogP contribution in [0.25, 0.3) is 0 Å². The van der Waals surface area contributed by atoms with Crippen LogP contribution in [0, 0.1) is 0 Å². The third-order valence-corrected chi connectivity index (χ3v) is 5.53. The van der Waals surface area contributed by atoms with Gasteiger partial charge in [-0.15, -0.1) is 0 Å². The van der Waals surface area contributed by atoms with Gasteiger partial charge in [-0.05, 0) is 54.4 Å². The Labute approximate surface area is 208 Å². The predicted molar refractivity (Wildman–Crippen MR) is 142 cm³/mol. The molecular weight excluding hydrogens is 438 g/mol. The molecule has 0 bridgehead atoms. The van der Waals surface area contributed by atoms with Crippen LogP contribution < -0.4 is 20.7 Å². The Morgan fingerprint density at radius 1 is 0.800 bits per heavy atom. The first-order valence-corrected chi connectivity index (χ1v) is 12.3. The van der Waals surface area contributed by atoms with Gasteiger partial charge in [-0.1, -0.05) is 69.0 Å². The lowest BCUT2D eigenvalue weighted by Gasteiger charge is -2.11. The number of unbranched alkanes of at least 4 members (excludes halogenated alkanes) is 4. The smallest absolute Gasteiger partial charge is 0.251 e. The summed E-state index contributed by atoms with van der Waals surface area (Å²) in [6, 6.07) is 24.3. The largest absolute Gasteiger partial charge is 0.494 e. The van der Waals surface area contributed by atoms with E-state index in [9.17, 15) is 9.59 Å². The Morgan fingerprint density at radius 3 is 2.34 bits per heavy atom. The average molecular weight is 474 g/mol. The van der Waals surface area contributed by atoms with E-state index in [0.717, 1.165) is 17.7 Å². The summed E-state index contributed by atoms with van der Waals surface area (Å²) in [6.45, 7) is 3.47. The van der Waals surface area contributed by atoms with Crippen LogP contribution >= 0.6 is 0 Å². The second-order valence-corrected chi connectivity index (χ2v) is 8.44. The van der Waals surface area contributed by atoms with Crippen molar-refractivity contribution in [2.24, 2.45) is 0 Å². The summed E-state index contributed by atoms with van der Waals surface area (Å²) in [5.74, 6) is 0.470. The van der Waals surface area contributed by atoms with Crippen molar-refractivity contribution in [3.63, 3.8) is 0 Å². The molecule has 0 saturated carbocycles. The van der Waals surface area contributed by atoms with Gasteiger partial charge in [0, 0.05) is 23.5 Å². The van der Waals surface area contributed by atoms with E-state index >= 15 is 0 Å². The summed E-state index contributed by atoms with van der Waals surface area (Å²) >= 11 is 0. The molecule has 3 aromatic carbocycles. The molecule has 35 heavy (non-hydrogen) atoms. The Hall–Kier alpha value is -3.80. The highest BCUT2D eigenvalue weighted by Gasteiger charge is 2.08. The molecule has 0 saturated heterocycles. The lowest BCUT2D eigenvalue weighted by atomic mass is 10.1. The first-order chi connectivity index (χ1) is 17.1. The van der Waals surface area contributed by atoms with Gasteiger partial charge >= 0.3 is 0 Å². The van der Waals surface area contributed by atoms with Gasteiger partial charge in [0.05, 0.1) is 13.2 Å². The Kier molecular flexibility index (Phi) is 10.7. The van der Waals surface area contributed by atoms with Crippen LogP contribution in [0.3, 0.4) is 0 Å². The van der Waals surface area contributed by atoms with Gasteiger partial charge in [-0.25, -0.2) is 0 Å². The number of benzene rings is 3. The number of carbonyl (C=O) groups excluding carboxylic acids is 2. The number of hydrogen-bond acceptors (Lipinski definition) is 4. The summed E-state index contributed by atoms with van der Waals surface area (Å²) in [6.07, 6.45) is 6.02. The highest BCUT2D eigenvalue weighted by Crippen LogP contribution is 2.17. The van der Waals surface area contributed by atoms with E-state index in [1.807, 2.05) is 60.7 Å². The van der Waals surface area contributed by atoms with E-state index in [1.54, 1.807) is 18.2 Å². The standard InChI is InChI=1S/C29H35N3O3/c1-2-3-4-5-9-19-35-27-17-15-25(16-18-27)32-28(33)22-30-26-14-10-13-24(20-26)29(34)31-21-23-11-7-6-8-12-23/h6-8,10-18,20,30H,2-5,9,19,21-22H2,1H3,(H,31,34)(H,32,33). The summed E-state index contributed by atoms with van der Waals surface area (Å²) in [7, 11) is 0. The highest BCUT2D eigenvalue weighted by molar-refractivity contribution is 5.96. The zero-order chi connectivity index (χ0) is 24.7. The topological polar surface area (TPSA) is 79.5 Å². The molecule has 0 aromatic heterocycles. The molecule has 0 heterocycles. The fourth-order valence-electron chi connectivity index (χ4n) is 3.57. The van der Waals surface area contributed by atoms with Crippen molar-refractivity contribution in [3.8, 4) is 5.75 Å². The van der Waals surface area contributed by atoms with Crippen molar-refractivity contribution in [1.82, 2.24) is 5.32 Å². The fraction of sp³-hybridized carbons (Fsp3) is 0.310. The van der Waals surface area contributed by atoms with E-state index in [0.29, 0.717) is 30.1 Å². The monoisotopic (exact) mass is 473 g/mol. The Bertz CT molecular complexity index is 1050. The molecule has 6 heteroatoms. The quantitative estimate of drug-likeness (QED) is 0.250. The molecule has 6 nitrogen and oxygen atoms in total. The van der Waals surface area contributed by atoms with Crippen LogP contribution in [0.1, 0.15) is 54.9 Å². The Morgan fingerprint density at radius 2 is 1.57 bits per heavy atom. The number of nitrogens with one attached hydrogen (secondary N) is 3. The molecule has 184 valence electrons. The summed E-state index contributed by atoms with van der Waals surface area (Å²) in [4.78, 5) is 24.8. The lowest BCUT2D eigenvalue weighted by molar-refractivity contribution is -0.114. The molecule has 2 amide bonds. The van der Waals surface area contributed by atoms with E-state index in [4.69, 9.17) is 4.74 Å². The van der Waals surface area contributed by atoms with Crippen LogP contribution in [-0.4, -0.2) is 25.0 Å². The first kappa shape index (κ1) is 25.8. The van der Waals surface area contributed by atoms with Crippen LogP contribution in [0.4, 0.5) is 11.4 Å². The summed E-state index contributed by atoms with van der Waals surface area (Å²) in [5.41, 5.74) is 2.98.